The van der Waals surface area contributed by atoms with Crippen molar-refractivity contribution in [3.05, 3.63) is 88.4 Å². The van der Waals surface area contributed by atoms with Gasteiger partial charge in [0.1, 0.15) is 0 Å². The summed E-state index contributed by atoms with van der Waals surface area (Å²) in [6.07, 6.45) is 4.85. The van der Waals surface area contributed by atoms with E-state index in [1.807, 2.05) is 61.5 Å². The highest BCUT2D eigenvalue weighted by Gasteiger charge is 2.35. The second-order valence-corrected chi connectivity index (χ2v) is 14.3. The minimum atomic E-state index is -1.95. The molecular formula is C35H43ClN2O4S. The molecule has 0 saturated heterocycles. The smallest absolute Gasteiger partial charge is 0.251 e. The lowest BCUT2D eigenvalue weighted by molar-refractivity contribution is -0.122. The lowest BCUT2D eigenvalue weighted by Crippen LogP contribution is -2.35. The molecule has 1 saturated carbocycles. The lowest BCUT2D eigenvalue weighted by Gasteiger charge is -2.39. The van der Waals surface area contributed by atoms with Crippen LogP contribution in [0.25, 0.3) is 11.1 Å². The van der Waals surface area contributed by atoms with E-state index < -0.39 is 11.1 Å². The lowest BCUT2D eigenvalue weighted by atomic mass is 9.66. The fraction of sp³-hybridized carbons (Fsp3) is 0.429. The summed E-state index contributed by atoms with van der Waals surface area (Å²) < 4.78 is 19.8. The van der Waals surface area contributed by atoms with Gasteiger partial charge in [-0.25, -0.2) is 4.21 Å². The largest absolute Gasteiger partial charge is 0.351 e. The summed E-state index contributed by atoms with van der Waals surface area (Å²) in [5, 5.41) is 6.57. The summed E-state index contributed by atoms with van der Waals surface area (Å²) in [7, 11) is 0. The third-order valence-corrected chi connectivity index (χ3v) is 9.58. The number of anilines is 1. The van der Waals surface area contributed by atoms with Gasteiger partial charge < -0.3 is 15.2 Å². The Hall–Kier alpha value is -3.00. The molecule has 0 heterocycles. The Kier molecular flexibility index (Phi) is 11.2. The zero-order chi connectivity index (χ0) is 31.1. The number of rotatable bonds is 10. The average molecular weight is 623 g/mol. The number of aryl methyl sites for hydroxylation is 1. The molecule has 0 radical (unpaired) electrons. The number of carbonyl (C=O) groups excluding carboxylic acids is 2. The Morgan fingerprint density at radius 3 is 2.21 bits per heavy atom. The van der Waals surface area contributed by atoms with Gasteiger partial charge in [-0.3, -0.25) is 9.59 Å². The predicted octanol–water partition coefficient (Wildman–Crippen LogP) is 7.92. The van der Waals surface area contributed by atoms with Crippen LogP contribution in [0.15, 0.2) is 66.7 Å². The standard InChI is InChI=1S/C35H43ClN2O4S/c1-23-21-29(36)15-18-31(23)25-11-16-30(17-12-25)38-34(40)32(26-9-13-28(14-10-26)35(2,3)4)22-24-5-7-27(8-6-24)33(39)37-19-20-43(41)42/h5-8,11-12,15-18,21,26,28,32H,9-10,13-14,19-20,22H2,1-4H3,(H,37,39)(H,38,40)(H,41,42). The molecule has 6 nitrogen and oxygen atoms in total. The number of hydrogen-bond donors (Lipinski definition) is 3. The van der Waals surface area contributed by atoms with Crippen molar-refractivity contribution in [2.45, 2.75) is 59.8 Å². The number of nitrogens with one attached hydrogen (secondary N) is 2. The van der Waals surface area contributed by atoms with Crippen molar-refractivity contribution in [1.82, 2.24) is 5.32 Å². The first-order valence-corrected chi connectivity index (χ1v) is 16.7. The molecule has 43 heavy (non-hydrogen) atoms. The van der Waals surface area contributed by atoms with Crippen molar-refractivity contribution in [2.75, 3.05) is 17.6 Å². The summed E-state index contributed by atoms with van der Waals surface area (Å²) in [5.41, 5.74) is 5.78. The van der Waals surface area contributed by atoms with Crippen molar-refractivity contribution in [3.63, 3.8) is 0 Å². The molecule has 2 amide bonds. The number of halogens is 1. The monoisotopic (exact) mass is 622 g/mol. The molecule has 2 atom stereocenters. The van der Waals surface area contributed by atoms with Crippen LogP contribution in [0.2, 0.25) is 5.02 Å². The van der Waals surface area contributed by atoms with E-state index in [0.717, 1.165) is 53.6 Å². The van der Waals surface area contributed by atoms with Crippen molar-refractivity contribution < 1.29 is 18.4 Å². The van der Waals surface area contributed by atoms with Gasteiger partial charge in [0.2, 0.25) is 5.91 Å². The van der Waals surface area contributed by atoms with Gasteiger partial charge in [-0.05, 0) is 115 Å². The SMILES string of the molecule is Cc1cc(Cl)ccc1-c1ccc(NC(=O)C(Cc2ccc(C(=O)NCCS(=O)O)cc2)C2CCC(C(C)(C)C)CC2)cc1. The first-order chi connectivity index (χ1) is 20.4. The highest BCUT2D eigenvalue weighted by Crippen LogP contribution is 2.43. The van der Waals surface area contributed by atoms with Crippen LogP contribution in [0.1, 0.15) is 67.9 Å². The topological polar surface area (TPSA) is 95.5 Å². The van der Waals surface area contributed by atoms with Gasteiger partial charge in [0.25, 0.3) is 5.91 Å². The number of amides is 2. The molecule has 230 valence electrons. The molecule has 8 heteroatoms. The number of benzene rings is 3. The van der Waals surface area contributed by atoms with E-state index in [-0.39, 0.29) is 41.4 Å². The molecule has 3 aromatic carbocycles. The van der Waals surface area contributed by atoms with Crippen molar-refractivity contribution in [1.29, 1.82) is 0 Å². The van der Waals surface area contributed by atoms with Gasteiger partial charge in [-0.15, -0.1) is 0 Å². The van der Waals surface area contributed by atoms with Gasteiger partial charge in [0, 0.05) is 28.7 Å². The third-order valence-electron chi connectivity index (χ3n) is 8.79. The average Bonchev–Trinajstić information content (AvgIpc) is 2.96. The second-order valence-electron chi connectivity index (χ2n) is 12.8. The maximum atomic E-state index is 13.9. The van der Waals surface area contributed by atoms with Crippen molar-refractivity contribution >= 4 is 40.2 Å². The summed E-state index contributed by atoms with van der Waals surface area (Å²) >= 11 is 4.19. The zero-order valence-electron chi connectivity index (χ0n) is 25.5. The Morgan fingerprint density at radius 2 is 1.63 bits per heavy atom. The van der Waals surface area contributed by atoms with Crippen LogP contribution >= 0.6 is 11.6 Å². The summed E-state index contributed by atoms with van der Waals surface area (Å²) in [6, 6.07) is 21.1. The molecule has 3 N–H and O–H groups in total. The molecule has 0 aliphatic heterocycles. The molecule has 0 spiro atoms. The first kappa shape index (κ1) is 32.9. The van der Waals surface area contributed by atoms with E-state index in [0.29, 0.717) is 22.9 Å². The van der Waals surface area contributed by atoms with Crippen LogP contribution in [-0.2, 0) is 22.3 Å². The molecule has 1 aliphatic carbocycles. The van der Waals surface area contributed by atoms with Crippen LogP contribution in [0.4, 0.5) is 5.69 Å². The first-order valence-electron chi connectivity index (χ1n) is 15.0. The van der Waals surface area contributed by atoms with Crippen LogP contribution in [-0.4, -0.2) is 32.9 Å². The quantitative estimate of drug-likeness (QED) is 0.200. The van der Waals surface area contributed by atoms with Gasteiger partial charge in [0.05, 0.1) is 5.75 Å². The zero-order valence-corrected chi connectivity index (χ0v) is 27.1. The molecule has 1 aliphatic rings. The molecule has 0 bridgehead atoms. The predicted molar refractivity (Wildman–Crippen MR) is 177 cm³/mol. The normalized spacial score (nSPS) is 18.5. The highest BCUT2D eigenvalue weighted by atomic mass is 35.5. The molecule has 0 aromatic heterocycles. The highest BCUT2D eigenvalue weighted by molar-refractivity contribution is 7.79. The molecule has 3 aromatic rings. The summed E-state index contributed by atoms with van der Waals surface area (Å²) in [5.74, 6) is 0.451. The molecular weight excluding hydrogens is 580 g/mol. The minimum Gasteiger partial charge on any atom is -0.351 e. The van der Waals surface area contributed by atoms with Gasteiger partial charge >= 0.3 is 0 Å². The van der Waals surface area contributed by atoms with Gasteiger partial charge in [-0.1, -0.05) is 62.7 Å². The van der Waals surface area contributed by atoms with Crippen molar-refractivity contribution in [2.24, 2.45) is 23.2 Å². The van der Waals surface area contributed by atoms with E-state index in [9.17, 15) is 13.8 Å². The Balaban J connectivity index is 1.48. The second kappa shape index (κ2) is 14.7. The van der Waals surface area contributed by atoms with E-state index in [2.05, 4.69) is 31.4 Å². The van der Waals surface area contributed by atoms with Crippen LogP contribution < -0.4 is 10.6 Å². The van der Waals surface area contributed by atoms with E-state index in [1.54, 1.807) is 12.1 Å². The van der Waals surface area contributed by atoms with Gasteiger partial charge in [-0.2, -0.15) is 0 Å². The summed E-state index contributed by atoms with van der Waals surface area (Å²) in [4.78, 5) is 26.3. The maximum absolute atomic E-state index is 13.9. The molecule has 2 unspecified atom stereocenters. The van der Waals surface area contributed by atoms with Crippen LogP contribution in [0.3, 0.4) is 0 Å². The van der Waals surface area contributed by atoms with Crippen LogP contribution in [0, 0.1) is 30.1 Å². The van der Waals surface area contributed by atoms with Gasteiger partial charge in [0.15, 0.2) is 11.1 Å². The van der Waals surface area contributed by atoms with Crippen LogP contribution in [0.5, 0.6) is 0 Å². The van der Waals surface area contributed by atoms with E-state index in [1.165, 1.54) is 0 Å². The molecule has 4 rings (SSSR count). The number of hydrogen-bond acceptors (Lipinski definition) is 3. The number of carbonyl (C=O) groups is 2. The fourth-order valence-electron chi connectivity index (χ4n) is 6.18. The van der Waals surface area contributed by atoms with E-state index in [4.69, 9.17) is 16.2 Å². The Bertz CT molecular complexity index is 1430. The summed E-state index contributed by atoms with van der Waals surface area (Å²) in [6.45, 7) is 9.08. The fourth-order valence-corrected chi connectivity index (χ4v) is 6.68. The van der Waals surface area contributed by atoms with Crippen molar-refractivity contribution in [3.8, 4) is 11.1 Å². The Morgan fingerprint density at radius 1 is 0.977 bits per heavy atom. The third kappa shape index (κ3) is 9.24. The van der Waals surface area contributed by atoms with E-state index >= 15 is 0 Å². The molecule has 1 fully saturated rings. The minimum absolute atomic E-state index is 0.0123. The Labute approximate surface area is 263 Å². The maximum Gasteiger partial charge on any atom is 0.251 e.